The lowest BCUT2D eigenvalue weighted by Gasteiger charge is -2.19. The minimum atomic E-state index is -0.765. The third-order valence-electron chi connectivity index (χ3n) is 2.73. The van der Waals surface area contributed by atoms with Crippen molar-refractivity contribution >= 4 is 22.4 Å². The van der Waals surface area contributed by atoms with E-state index in [4.69, 9.17) is 4.74 Å². The molecule has 8 heteroatoms. The summed E-state index contributed by atoms with van der Waals surface area (Å²) >= 11 is 1.42. The summed E-state index contributed by atoms with van der Waals surface area (Å²) in [6.07, 6.45) is 1.27. The minimum Gasteiger partial charge on any atom is -0.465 e. The molecule has 0 aromatic carbocycles. The molecule has 0 saturated carbocycles. The predicted octanol–water partition coefficient (Wildman–Crippen LogP) is 1.98. The number of anilines is 1. The number of hydrogen-bond acceptors (Lipinski definition) is 8. The number of carbonyl (C=O) groups is 1. The highest BCUT2D eigenvalue weighted by Crippen LogP contribution is 2.28. The molecule has 2 rings (SSSR count). The molecule has 2 aromatic heterocycles. The van der Waals surface area contributed by atoms with Crippen LogP contribution in [0.4, 0.5) is 5.13 Å². The summed E-state index contributed by atoms with van der Waals surface area (Å²) in [6, 6.07) is 0. The first-order valence-electron chi connectivity index (χ1n) is 6.16. The molecule has 7 nitrogen and oxygen atoms in total. The fourth-order valence-electron chi connectivity index (χ4n) is 1.48. The van der Waals surface area contributed by atoms with Gasteiger partial charge in [0.2, 0.25) is 6.39 Å². The van der Waals surface area contributed by atoms with Gasteiger partial charge in [-0.2, -0.15) is 4.98 Å². The van der Waals surface area contributed by atoms with E-state index in [2.05, 4.69) is 25.0 Å². The molecule has 0 bridgehead atoms. The molecule has 0 atom stereocenters. The van der Waals surface area contributed by atoms with E-state index in [0.29, 0.717) is 29.8 Å². The maximum Gasteiger partial charge on any atom is 0.317 e. The van der Waals surface area contributed by atoms with E-state index in [0.717, 1.165) is 0 Å². The van der Waals surface area contributed by atoms with Gasteiger partial charge in [0.1, 0.15) is 5.41 Å². The molecule has 20 heavy (non-hydrogen) atoms. The van der Waals surface area contributed by atoms with Crippen molar-refractivity contribution in [1.29, 1.82) is 0 Å². The Morgan fingerprint density at radius 3 is 3.00 bits per heavy atom. The molecule has 1 N–H and O–H groups in total. The Hall–Kier alpha value is -1.96. The number of rotatable bonds is 6. The summed E-state index contributed by atoms with van der Waals surface area (Å²) in [5.41, 5.74) is -0.0879. The van der Waals surface area contributed by atoms with Crippen LogP contribution in [0.25, 0.3) is 0 Å². The molecule has 0 amide bonds. The highest BCUT2D eigenvalue weighted by molar-refractivity contribution is 7.13. The Balaban J connectivity index is 2.02. The van der Waals surface area contributed by atoms with Crippen LogP contribution < -0.4 is 5.32 Å². The SMILES string of the molecule is CCOC(=O)C(C)(C)c1csc(NCc2ncon2)n1. The summed E-state index contributed by atoms with van der Waals surface area (Å²) in [4.78, 5) is 20.2. The monoisotopic (exact) mass is 296 g/mol. The van der Waals surface area contributed by atoms with Gasteiger partial charge in [-0.05, 0) is 20.8 Å². The molecule has 0 saturated heterocycles. The summed E-state index contributed by atoms with van der Waals surface area (Å²) in [5.74, 6) is 0.265. The number of thiazole rings is 1. The Labute approximate surface area is 120 Å². The predicted molar refractivity (Wildman–Crippen MR) is 73.4 cm³/mol. The first-order valence-corrected chi connectivity index (χ1v) is 7.04. The molecule has 108 valence electrons. The van der Waals surface area contributed by atoms with Crippen LogP contribution in [0.3, 0.4) is 0 Å². The van der Waals surface area contributed by atoms with Crippen LogP contribution >= 0.6 is 11.3 Å². The fourth-order valence-corrected chi connectivity index (χ4v) is 2.36. The number of nitrogens with zero attached hydrogens (tertiary/aromatic N) is 3. The van der Waals surface area contributed by atoms with Crippen molar-refractivity contribution in [1.82, 2.24) is 15.1 Å². The molecule has 0 radical (unpaired) electrons. The maximum atomic E-state index is 11.9. The molecule has 0 aliphatic carbocycles. The molecule has 0 unspecified atom stereocenters. The number of ether oxygens (including phenoxy) is 1. The second kappa shape index (κ2) is 6.00. The van der Waals surface area contributed by atoms with Gasteiger partial charge >= 0.3 is 5.97 Å². The highest BCUT2D eigenvalue weighted by atomic mass is 32.1. The van der Waals surface area contributed by atoms with Gasteiger partial charge in [0.25, 0.3) is 0 Å². The fraction of sp³-hybridized carbons (Fsp3) is 0.500. The molecule has 2 heterocycles. The summed E-state index contributed by atoms with van der Waals surface area (Å²) in [5, 5.41) is 9.31. The number of carbonyl (C=O) groups excluding carboxylic acids is 1. The van der Waals surface area contributed by atoms with E-state index in [9.17, 15) is 4.79 Å². The largest absolute Gasteiger partial charge is 0.465 e. The van der Waals surface area contributed by atoms with Gasteiger partial charge < -0.3 is 14.6 Å². The zero-order valence-electron chi connectivity index (χ0n) is 11.5. The van der Waals surface area contributed by atoms with Crippen molar-refractivity contribution in [2.24, 2.45) is 0 Å². The quantitative estimate of drug-likeness (QED) is 0.815. The van der Waals surface area contributed by atoms with Crippen molar-refractivity contribution in [2.45, 2.75) is 32.7 Å². The summed E-state index contributed by atoms with van der Waals surface area (Å²) in [6.45, 7) is 6.15. The lowest BCUT2D eigenvalue weighted by atomic mass is 9.90. The molecular weight excluding hydrogens is 280 g/mol. The van der Waals surface area contributed by atoms with Gasteiger partial charge in [-0.25, -0.2) is 4.98 Å². The van der Waals surface area contributed by atoms with Gasteiger partial charge in [0, 0.05) is 5.38 Å². The number of esters is 1. The highest BCUT2D eigenvalue weighted by Gasteiger charge is 2.33. The molecule has 0 aliphatic heterocycles. The van der Waals surface area contributed by atoms with E-state index < -0.39 is 5.41 Å². The second-order valence-corrected chi connectivity index (χ2v) is 5.44. The van der Waals surface area contributed by atoms with Crippen molar-refractivity contribution in [3.63, 3.8) is 0 Å². The first kappa shape index (κ1) is 14.4. The normalized spacial score (nSPS) is 11.3. The van der Waals surface area contributed by atoms with Crippen LogP contribution in [0.5, 0.6) is 0 Å². The van der Waals surface area contributed by atoms with Crippen LogP contribution in [-0.2, 0) is 21.5 Å². The molecule has 0 spiro atoms. The van der Waals surface area contributed by atoms with Crippen molar-refractivity contribution in [2.75, 3.05) is 11.9 Å². The van der Waals surface area contributed by atoms with Gasteiger partial charge in [0.05, 0.1) is 18.8 Å². The molecular formula is C12H16N4O3S. The third-order valence-corrected chi connectivity index (χ3v) is 3.53. The number of nitrogens with one attached hydrogen (secondary N) is 1. The Morgan fingerprint density at radius 2 is 2.35 bits per heavy atom. The Morgan fingerprint density at radius 1 is 1.55 bits per heavy atom. The minimum absolute atomic E-state index is 0.282. The molecule has 0 fully saturated rings. The molecule has 2 aromatic rings. The Kier molecular flexibility index (Phi) is 4.33. The van der Waals surface area contributed by atoms with Crippen molar-refractivity contribution in [3.05, 3.63) is 23.3 Å². The Bertz CT molecular complexity index is 565. The van der Waals surface area contributed by atoms with Crippen molar-refractivity contribution in [3.8, 4) is 0 Å². The maximum absolute atomic E-state index is 11.9. The van der Waals surface area contributed by atoms with E-state index in [-0.39, 0.29) is 5.97 Å². The topological polar surface area (TPSA) is 90.1 Å². The summed E-state index contributed by atoms with van der Waals surface area (Å²) in [7, 11) is 0. The third kappa shape index (κ3) is 3.13. The van der Waals surface area contributed by atoms with E-state index in [1.807, 2.05) is 5.38 Å². The van der Waals surface area contributed by atoms with E-state index in [1.54, 1.807) is 20.8 Å². The van der Waals surface area contributed by atoms with Gasteiger partial charge in [-0.1, -0.05) is 5.16 Å². The lowest BCUT2D eigenvalue weighted by Crippen LogP contribution is -2.31. The van der Waals surface area contributed by atoms with E-state index >= 15 is 0 Å². The number of aromatic nitrogens is 3. The molecule has 0 aliphatic rings. The second-order valence-electron chi connectivity index (χ2n) is 4.58. The van der Waals surface area contributed by atoms with Gasteiger partial charge in [0.15, 0.2) is 11.0 Å². The van der Waals surface area contributed by atoms with Gasteiger partial charge in [-0.15, -0.1) is 11.3 Å². The number of hydrogen-bond donors (Lipinski definition) is 1. The summed E-state index contributed by atoms with van der Waals surface area (Å²) < 4.78 is 9.70. The van der Waals surface area contributed by atoms with Crippen LogP contribution in [0, 0.1) is 0 Å². The average Bonchev–Trinajstić information content (AvgIpc) is 3.08. The zero-order valence-corrected chi connectivity index (χ0v) is 12.4. The van der Waals surface area contributed by atoms with E-state index in [1.165, 1.54) is 17.7 Å². The lowest BCUT2D eigenvalue weighted by molar-refractivity contribution is -0.148. The standard InChI is InChI=1S/C12H16N4O3S/c1-4-18-10(17)12(2,3)8-6-20-11(15-8)13-5-9-14-7-19-16-9/h6-7H,4-5H2,1-3H3,(H,13,15). The van der Waals surface area contributed by atoms with Crippen LogP contribution in [-0.4, -0.2) is 27.7 Å². The van der Waals surface area contributed by atoms with Crippen LogP contribution in [0.2, 0.25) is 0 Å². The smallest absolute Gasteiger partial charge is 0.317 e. The van der Waals surface area contributed by atoms with Crippen LogP contribution in [0.15, 0.2) is 16.3 Å². The first-order chi connectivity index (χ1) is 9.54. The van der Waals surface area contributed by atoms with Crippen molar-refractivity contribution < 1.29 is 14.1 Å². The van der Waals surface area contributed by atoms with Crippen LogP contribution in [0.1, 0.15) is 32.3 Å². The average molecular weight is 296 g/mol. The van der Waals surface area contributed by atoms with Gasteiger partial charge in [-0.3, -0.25) is 4.79 Å². The zero-order chi connectivity index (χ0) is 14.6.